The number of hydrogen-bond acceptors (Lipinski definition) is 5. The van der Waals surface area contributed by atoms with Crippen LogP contribution in [-0.4, -0.2) is 39.0 Å². The van der Waals surface area contributed by atoms with Gasteiger partial charge in [-0.1, -0.05) is 24.3 Å². The molecule has 3 amide bonds. The molecule has 4 aromatic rings. The van der Waals surface area contributed by atoms with Gasteiger partial charge in [-0.25, -0.2) is 4.98 Å². The van der Waals surface area contributed by atoms with Gasteiger partial charge in [0.1, 0.15) is 5.69 Å². The number of halogens is 3. The van der Waals surface area contributed by atoms with Gasteiger partial charge in [0.2, 0.25) is 5.91 Å². The lowest BCUT2D eigenvalue weighted by molar-refractivity contribution is -0.141. The van der Waals surface area contributed by atoms with Gasteiger partial charge in [-0.3, -0.25) is 19.1 Å². The number of pyridine rings is 1. The molecule has 38 heavy (non-hydrogen) atoms. The highest BCUT2D eigenvalue weighted by molar-refractivity contribution is 6.16. The van der Waals surface area contributed by atoms with Crippen molar-refractivity contribution in [2.24, 2.45) is 11.5 Å². The van der Waals surface area contributed by atoms with Crippen LogP contribution in [0.2, 0.25) is 0 Å². The Morgan fingerprint density at radius 1 is 1.05 bits per heavy atom. The summed E-state index contributed by atoms with van der Waals surface area (Å²) < 4.78 is 43.9. The molecule has 0 unspecified atom stereocenters. The SMILES string of the molecule is Cc1c(N2CCc3cccc4nc(C(N)=O)cc(c34)C2=O)c(C(F)(F)F)nn1Cc1cccc(C(N)=O)c1. The third-order valence-corrected chi connectivity index (χ3v) is 6.51. The maximum Gasteiger partial charge on any atom is 0.437 e. The van der Waals surface area contributed by atoms with Crippen LogP contribution in [0.5, 0.6) is 0 Å². The fourth-order valence-corrected chi connectivity index (χ4v) is 4.76. The standard InChI is InChI=1S/C26H21F3N6O3/c1-13-21(22(26(27,28)29)33-35(13)12-14-4-2-6-16(10-14)23(30)36)34-9-8-15-5-3-7-18-20(15)17(25(34)38)11-19(32-18)24(31)37/h2-7,10-11H,8-9,12H2,1H3,(H2,30,36)(H2,31,37). The van der Waals surface area contributed by atoms with Crippen LogP contribution in [0.25, 0.3) is 10.9 Å². The second-order valence-electron chi connectivity index (χ2n) is 8.94. The average molecular weight is 522 g/mol. The number of nitrogens with zero attached hydrogens (tertiary/aromatic N) is 4. The summed E-state index contributed by atoms with van der Waals surface area (Å²) in [6.45, 7) is 1.28. The number of carbonyl (C=O) groups is 3. The summed E-state index contributed by atoms with van der Waals surface area (Å²) in [7, 11) is 0. The van der Waals surface area contributed by atoms with E-state index in [2.05, 4.69) is 10.1 Å². The summed E-state index contributed by atoms with van der Waals surface area (Å²) in [6.07, 6.45) is -4.62. The van der Waals surface area contributed by atoms with Crippen molar-refractivity contribution in [3.63, 3.8) is 0 Å². The molecule has 1 aliphatic heterocycles. The zero-order valence-electron chi connectivity index (χ0n) is 20.0. The van der Waals surface area contributed by atoms with E-state index in [4.69, 9.17) is 11.5 Å². The van der Waals surface area contributed by atoms with Crippen LogP contribution >= 0.6 is 0 Å². The minimum Gasteiger partial charge on any atom is -0.366 e. The van der Waals surface area contributed by atoms with Gasteiger partial charge in [0, 0.05) is 17.5 Å². The molecule has 5 rings (SSSR count). The van der Waals surface area contributed by atoms with Crippen molar-refractivity contribution in [2.75, 3.05) is 11.4 Å². The Bertz CT molecular complexity index is 1640. The lowest BCUT2D eigenvalue weighted by atomic mass is 10.0. The van der Waals surface area contributed by atoms with E-state index in [1.807, 2.05) is 0 Å². The molecule has 0 fully saturated rings. The van der Waals surface area contributed by atoms with Gasteiger partial charge in [-0.05, 0) is 48.7 Å². The van der Waals surface area contributed by atoms with E-state index in [1.165, 1.54) is 25.1 Å². The van der Waals surface area contributed by atoms with E-state index in [9.17, 15) is 27.6 Å². The average Bonchev–Trinajstić information content (AvgIpc) is 3.12. The van der Waals surface area contributed by atoms with Gasteiger partial charge >= 0.3 is 6.18 Å². The molecular formula is C26H21F3N6O3. The Morgan fingerprint density at radius 3 is 2.47 bits per heavy atom. The predicted molar refractivity (Wildman–Crippen MR) is 132 cm³/mol. The highest BCUT2D eigenvalue weighted by Gasteiger charge is 2.42. The third kappa shape index (κ3) is 4.23. The first-order chi connectivity index (χ1) is 18.0. The largest absolute Gasteiger partial charge is 0.437 e. The quantitative estimate of drug-likeness (QED) is 0.415. The van der Waals surface area contributed by atoms with E-state index < -0.39 is 29.6 Å². The molecule has 0 aliphatic carbocycles. The van der Waals surface area contributed by atoms with Crippen LogP contribution in [0, 0.1) is 6.92 Å². The predicted octanol–water partition coefficient (Wildman–Crippen LogP) is 3.21. The van der Waals surface area contributed by atoms with Crippen molar-refractivity contribution in [2.45, 2.75) is 26.1 Å². The topological polar surface area (TPSA) is 137 Å². The fourth-order valence-electron chi connectivity index (χ4n) is 4.76. The molecule has 0 saturated heterocycles. The van der Waals surface area contributed by atoms with Gasteiger partial charge < -0.3 is 16.4 Å². The molecule has 2 aromatic heterocycles. The first kappa shape index (κ1) is 24.9. The Morgan fingerprint density at radius 2 is 1.79 bits per heavy atom. The van der Waals surface area contributed by atoms with Crippen LogP contribution in [0.15, 0.2) is 48.5 Å². The molecule has 2 aromatic carbocycles. The number of nitrogens with two attached hydrogens (primary N) is 2. The maximum absolute atomic E-state index is 14.2. The fraction of sp³-hybridized carbons (Fsp3) is 0.192. The van der Waals surface area contributed by atoms with E-state index in [1.54, 1.807) is 30.3 Å². The Hall–Kier alpha value is -4.74. The highest BCUT2D eigenvalue weighted by atomic mass is 19.4. The molecule has 4 N–H and O–H groups in total. The van der Waals surface area contributed by atoms with Crippen molar-refractivity contribution in [3.8, 4) is 0 Å². The maximum atomic E-state index is 14.2. The number of anilines is 1. The van der Waals surface area contributed by atoms with Gasteiger partial charge in [0.15, 0.2) is 5.69 Å². The lowest BCUT2D eigenvalue weighted by Gasteiger charge is -2.23. The third-order valence-electron chi connectivity index (χ3n) is 6.51. The van der Waals surface area contributed by atoms with Gasteiger partial charge in [-0.15, -0.1) is 0 Å². The molecule has 194 valence electrons. The number of benzene rings is 2. The van der Waals surface area contributed by atoms with Gasteiger partial charge in [0.05, 0.1) is 29.0 Å². The Kier molecular flexibility index (Phi) is 5.89. The van der Waals surface area contributed by atoms with Crippen LogP contribution in [0.4, 0.5) is 18.9 Å². The van der Waals surface area contributed by atoms with Crippen molar-refractivity contribution in [3.05, 3.63) is 87.9 Å². The van der Waals surface area contributed by atoms with Crippen LogP contribution in [-0.2, 0) is 19.1 Å². The normalized spacial score (nSPS) is 13.6. The van der Waals surface area contributed by atoms with Crippen LogP contribution in [0.3, 0.4) is 0 Å². The minimum atomic E-state index is -4.87. The first-order valence-electron chi connectivity index (χ1n) is 11.5. The molecule has 0 atom stereocenters. The summed E-state index contributed by atoms with van der Waals surface area (Å²) in [5.74, 6) is -2.27. The summed E-state index contributed by atoms with van der Waals surface area (Å²) in [5.41, 5.74) is 10.9. The summed E-state index contributed by atoms with van der Waals surface area (Å²) in [5, 5.41) is 4.29. The van der Waals surface area contributed by atoms with Gasteiger partial charge in [-0.2, -0.15) is 18.3 Å². The lowest BCUT2D eigenvalue weighted by Crippen LogP contribution is -2.33. The van der Waals surface area contributed by atoms with Crippen molar-refractivity contribution in [1.29, 1.82) is 0 Å². The molecular weight excluding hydrogens is 501 g/mol. The Balaban J connectivity index is 1.65. The van der Waals surface area contributed by atoms with Crippen LogP contribution < -0.4 is 16.4 Å². The monoisotopic (exact) mass is 522 g/mol. The van der Waals surface area contributed by atoms with Crippen LogP contribution in [0.1, 0.15) is 53.7 Å². The number of primary amides is 2. The highest BCUT2D eigenvalue weighted by Crippen LogP contribution is 2.40. The molecule has 9 nitrogen and oxygen atoms in total. The molecule has 0 radical (unpaired) electrons. The summed E-state index contributed by atoms with van der Waals surface area (Å²) in [6, 6.07) is 12.5. The molecule has 12 heteroatoms. The first-order valence-corrected chi connectivity index (χ1v) is 11.5. The van der Waals surface area contributed by atoms with E-state index in [-0.39, 0.29) is 47.7 Å². The molecule has 1 aliphatic rings. The summed E-state index contributed by atoms with van der Waals surface area (Å²) in [4.78, 5) is 42.5. The smallest absolute Gasteiger partial charge is 0.366 e. The van der Waals surface area contributed by atoms with Crippen molar-refractivity contribution >= 4 is 34.3 Å². The van der Waals surface area contributed by atoms with Gasteiger partial charge in [0.25, 0.3) is 11.8 Å². The second kappa shape index (κ2) is 8.98. The van der Waals surface area contributed by atoms with E-state index >= 15 is 0 Å². The zero-order chi connectivity index (χ0) is 27.4. The molecule has 3 heterocycles. The minimum absolute atomic E-state index is 0.0336. The number of carbonyl (C=O) groups excluding carboxylic acids is 3. The number of rotatable bonds is 5. The number of amides is 3. The van der Waals surface area contributed by atoms with Crippen molar-refractivity contribution in [1.82, 2.24) is 14.8 Å². The number of alkyl halides is 3. The van der Waals surface area contributed by atoms with E-state index in [0.717, 1.165) is 9.58 Å². The van der Waals surface area contributed by atoms with Crippen molar-refractivity contribution < 1.29 is 27.6 Å². The number of hydrogen-bond donors (Lipinski definition) is 2. The van der Waals surface area contributed by atoms with E-state index in [0.29, 0.717) is 22.0 Å². The molecule has 0 saturated carbocycles. The second-order valence-corrected chi connectivity index (χ2v) is 8.94. The molecule has 0 spiro atoms. The summed E-state index contributed by atoms with van der Waals surface area (Å²) >= 11 is 0. The molecule has 0 bridgehead atoms. The Labute approximate surface area is 213 Å². The zero-order valence-corrected chi connectivity index (χ0v) is 20.0. The number of aromatic nitrogens is 3.